The summed E-state index contributed by atoms with van der Waals surface area (Å²) in [6.45, 7) is 3.57. The van der Waals surface area contributed by atoms with Crippen LogP contribution in [0.25, 0.3) is 0 Å². The minimum absolute atomic E-state index is 0.119. The minimum atomic E-state index is -0.781. The molecule has 0 aliphatic heterocycles. The van der Waals surface area contributed by atoms with E-state index < -0.39 is 12.3 Å². The fourth-order valence-corrected chi connectivity index (χ4v) is 1.14. The number of benzene rings is 1. The van der Waals surface area contributed by atoms with Gasteiger partial charge in [-0.3, -0.25) is 0 Å². The van der Waals surface area contributed by atoms with Crippen LogP contribution in [0.1, 0.15) is 0 Å². The van der Waals surface area contributed by atoms with E-state index in [4.69, 9.17) is 14.2 Å². The van der Waals surface area contributed by atoms with Crippen molar-refractivity contribution in [1.82, 2.24) is 0 Å². The molecule has 0 heterocycles. The Kier molecular flexibility index (Phi) is 4.69. The van der Waals surface area contributed by atoms with Crippen molar-refractivity contribution >= 4 is 5.97 Å². The highest BCUT2D eigenvalue weighted by molar-refractivity contribution is 5.90. The number of hydrogen-bond acceptors (Lipinski definition) is 4. The molecule has 0 atom stereocenters. The van der Waals surface area contributed by atoms with Crippen molar-refractivity contribution in [2.75, 3.05) is 14.2 Å². The van der Waals surface area contributed by atoms with Gasteiger partial charge in [0.05, 0.1) is 5.57 Å². The first-order valence-corrected chi connectivity index (χ1v) is 4.70. The molecule has 16 heavy (non-hydrogen) atoms. The number of para-hydroxylation sites is 1. The van der Waals surface area contributed by atoms with Crippen LogP contribution in [0.4, 0.5) is 0 Å². The van der Waals surface area contributed by atoms with Gasteiger partial charge in [0, 0.05) is 14.2 Å². The van der Waals surface area contributed by atoms with Crippen LogP contribution >= 0.6 is 0 Å². The molecule has 0 unspecified atom stereocenters. The molecule has 4 heteroatoms. The summed E-state index contributed by atoms with van der Waals surface area (Å²) in [7, 11) is 2.85. The Balaban J connectivity index is 2.62. The van der Waals surface area contributed by atoms with Gasteiger partial charge in [0.25, 0.3) is 0 Å². The lowest BCUT2D eigenvalue weighted by Gasteiger charge is -2.14. The molecule has 4 nitrogen and oxygen atoms in total. The first-order valence-electron chi connectivity index (χ1n) is 4.70. The molecule has 0 saturated heterocycles. The average molecular weight is 222 g/mol. The molecule has 0 bridgehead atoms. The molecule has 0 radical (unpaired) electrons. The lowest BCUT2D eigenvalue weighted by molar-refractivity contribution is -0.137. The topological polar surface area (TPSA) is 44.8 Å². The summed E-state index contributed by atoms with van der Waals surface area (Å²) in [4.78, 5) is 11.6. The fourth-order valence-electron chi connectivity index (χ4n) is 1.14. The second kappa shape index (κ2) is 6.05. The molecule has 0 amide bonds. The van der Waals surface area contributed by atoms with E-state index in [1.807, 2.05) is 6.07 Å². The Bertz CT molecular complexity index is 355. The van der Waals surface area contributed by atoms with E-state index in [2.05, 4.69) is 6.58 Å². The van der Waals surface area contributed by atoms with Gasteiger partial charge in [-0.15, -0.1) is 0 Å². The van der Waals surface area contributed by atoms with Crippen LogP contribution in [-0.2, 0) is 14.3 Å². The van der Waals surface area contributed by atoms with Gasteiger partial charge < -0.3 is 14.2 Å². The first kappa shape index (κ1) is 12.4. The summed E-state index contributed by atoms with van der Waals surface area (Å²) in [6, 6.07) is 8.74. The third-order valence-electron chi connectivity index (χ3n) is 1.93. The summed E-state index contributed by atoms with van der Waals surface area (Å²) in [5.74, 6) is -0.112. The monoisotopic (exact) mass is 222 g/mol. The van der Waals surface area contributed by atoms with E-state index >= 15 is 0 Å². The van der Waals surface area contributed by atoms with Crippen molar-refractivity contribution in [2.45, 2.75) is 6.29 Å². The molecule has 1 aromatic rings. The number of methoxy groups -OCH3 is 2. The SMILES string of the molecule is C=C(C(=O)Oc1ccccc1)C(OC)OC. The minimum Gasteiger partial charge on any atom is -0.423 e. The van der Waals surface area contributed by atoms with Crippen molar-refractivity contribution in [3.05, 3.63) is 42.5 Å². The van der Waals surface area contributed by atoms with Gasteiger partial charge in [0.1, 0.15) is 5.75 Å². The van der Waals surface area contributed by atoms with E-state index in [1.165, 1.54) is 14.2 Å². The highest BCUT2D eigenvalue weighted by Crippen LogP contribution is 2.13. The molecule has 0 N–H and O–H groups in total. The van der Waals surface area contributed by atoms with E-state index in [0.29, 0.717) is 5.75 Å². The van der Waals surface area contributed by atoms with Crippen molar-refractivity contribution in [3.8, 4) is 5.75 Å². The van der Waals surface area contributed by atoms with Gasteiger partial charge in [-0.2, -0.15) is 0 Å². The predicted octanol–water partition coefficient (Wildman–Crippen LogP) is 1.77. The van der Waals surface area contributed by atoms with E-state index in [1.54, 1.807) is 24.3 Å². The maximum Gasteiger partial charge on any atom is 0.343 e. The lowest BCUT2D eigenvalue weighted by Crippen LogP contribution is -2.24. The van der Waals surface area contributed by atoms with Crippen LogP contribution in [-0.4, -0.2) is 26.5 Å². The van der Waals surface area contributed by atoms with Crippen molar-refractivity contribution in [3.63, 3.8) is 0 Å². The Hall–Kier alpha value is -1.65. The summed E-state index contributed by atoms with van der Waals surface area (Å²) >= 11 is 0. The Morgan fingerprint density at radius 3 is 2.25 bits per heavy atom. The molecule has 0 aliphatic rings. The number of carbonyl (C=O) groups excluding carboxylic acids is 1. The zero-order chi connectivity index (χ0) is 12.0. The third kappa shape index (κ3) is 3.18. The van der Waals surface area contributed by atoms with Crippen LogP contribution in [0, 0.1) is 0 Å². The van der Waals surface area contributed by atoms with Gasteiger partial charge >= 0.3 is 5.97 Å². The summed E-state index contributed by atoms with van der Waals surface area (Å²) in [5, 5.41) is 0. The second-order valence-electron chi connectivity index (χ2n) is 3.03. The highest BCUT2D eigenvalue weighted by Gasteiger charge is 2.19. The van der Waals surface area contributed by atoms with Gasteiger partial charge in [-0.25, -0.2) is 4.79 Å². The Labute approximate surface area is 94.4 Å². The quantitative estimate of drug-likeness (QED) is 0.329. The van der Waals surface area contributed by atoms with Gasteiger partial charge in [-0.05, 0) is 12.1 Å². The first-order chi connectivity index (χ1) is 7.69. The fraction of sp³-hybridized carbons (Fsp3) is 0.250. The normalized spacial score (nSPS) is 10.2. The zero-order valence-corrected chi connectivity index (χ0v) is 9.30. The van der Waals surface area contributed by atoms with Crippen LogP contribution < -0.4 is 4.74 Å². The van der Waals surface area contributed by atoms with Crippen LogP contribution in [0.5, 0.6) is 5.75 Å². The van der Waals surface area contributed by atoms with Crippen LogP contribution in [0.3, 0.4) is 0 Å². The van der Waals surface area contributed by atoms with Gasteiger partial charge in [0.15, 0.2) is 6.29 Å². The number of esters is 1. The molecule has 0 aromatic heterocycles. The Morgan fingerprint density at radius 2 is 1.75 bits per heavy atom. The van der Waals surface area contributed by atoms with Crippen molar-refractivity contribution < 1.29 is 19.0 Å². The maximum absolute atomic E-state index is 11.6. The molecule has 1 rings (SSSR count). The standard InChI is InChI=1S/C12H14O4/c1-9(12(14-2)15-3)11(13)16-10-7-5-4-6-8-10/h4-8,12H,1H2,2-3H3. The van der Waals surface area contributed by atoms with Crippen LogP contribution in [0.15, 0.2) is 42.5 Å². The van der Waals surface area contributed by atoms with Gasteiger partial charge in [-0.1, -0.05) is 24.8 Å². The van der Waals surface area contributed by atoms with E-state index in [-0.39, 0.29) is 5.57 Å². The van der Waals surface area contributed by atoms with E-state index in [9.17, 15) is 4.79 Å². The molecular formula is C12H14O4. The van der Waals surface area contributed by atoms with Crippen LogP contribution in [0.2, 0.25) is 0 Å². The second-order valence-corrected chi connectivity index (χ2v) is 3.03. The lowest BCUT2D eigenvalue weighted by atomic mass is 10.3. The Morgan fingerprint density at radius 1 is 1.19 bits per heavy atom. The zero-order valence-electron chi connectivity index (χ0n) is 9.30. The summed E-state index contributed by atoms with van der Waals surface area (Å²) in [5.41, 5.74) is 0.119. The van der Waals surface area contributed by atoms with Crippen molar-refractivity contribution in [2.24, 2.45) is 0 Å². The molecule has 86 valence electrons. The summed E-state index contributed by atoms with van der Waals surface area (Å²) in [6.07, 6.45) is -0.781. The molecule has 0 fully saturated rings. The average Bonchev–Trinajstić information content (AvgIpc) is 2.31. The number of hydrogen-bond donors (Lipinski definition) is 0. The molecule has 0 aliphatic carbocycles. The molecular weight excluding hydrogens is 208 g/mol. The van der Waals surface area contributed by atoms with Gasteiger partial charge in [0.2, 0.25) is 0 Å². The van der Waals surface area contributed by atoms with E-state index in [0.717, 1.165) is 0 Å². The molecule has 0 spiro atoms. The number of rotatable bonds is 5. The smallest absolute Gasteiger partial charge is 0.343 e. The largest absolute Gasteiger partial charge is 0.423 e. The predicted molar refractivity (Wildman–Crippen MR) is 59.0 cm³/mol. The van der Waals surface area contributed by atoms with Crippen molar-refractivity contribution in [1.29, 1.82) is 0 Å². The molecule has 0 saturated carbocycles. The summed E-state index contributed by atoms with van der Waals surface area (Å²) < 4.78 is 14.9. The third-order valence-corrected chi connectivity index (χ3v) is 1.93. The highest BCUT2D eigenvalue weighted by atomic mass is 16.7. The maximum atomic E-state index is 11.6. The molecule has 1 aromatic carbocycles. The number of carbonyl (C=O) groups is 1. The number of ether oxygens (including phenoxy) is 3.